The first kappa shape index (κ1) is 16.8. The largest absolute Gasteiger partial charge is 0.330 e. The molecule has 0 aromatic carbocycles. The van der Waals surface area contributed by atoms with E-state index in [4.69, 9.17) is 17.2 Å². The lowest BCUT2D eigenvalue weighted by Crippen LogP contribution is -2.41. The van der Waals surface area contributed by atoms with Crippen LogP contribution in [0.3, 0.4) is 0 Å². The molecular weight excluding hydrogens is 240 g/mol. The van der Waals surface area contributed by atoms with Gasteiger partial charge in [0, 0.05) is 51.9 Å². The van der Waals surface area contributed by atoms with Gasteiger partial charge >= 0.3 is 0 Å². The Hall–Kier alpha value is -0.240. The Balaban J connectivity index is 2.08. The van der Waals surface area contributed by atoms with Crippen molar-refractivity contribution in [2.24, 2.45) is 17.2 Å². The van der Waals surface area contributed by atoms with Crippen LogP contribution in [0.15, 0.2) is 0 Å². The third-order valence-electron chi connectivity index (χ3n) is 3.70. The molecule has 0 radical (unpaired) electrons. The lowest BCUT2D eigenvalue weighted by atomic mass is 10.2. The molecule has 114 valence electrons. The first-order chi connectivity index (χ1) is 9.30. The van der Waals surface area contributed by atoms with Gasteiger partial charge in [-0.15, -0.1) is 0 Å². The standard InChI is InChI=1S/C13H32N6/c14-3-1-7-19-8-2-13(12-19)17-6-11-18(9-4-15)10-5-16/h13,17H,1-12,14-16H2. The van der Waals surface area contributed by atoms with Gasteiger partial charge in [0.25, 0.3) is 0 Å². The zero-order valence-corrected chi connectivity index (χ0v) is 12.2. The molecule has 0 bridgehead atoms. The smallest absolute Gasteiger partial charge is 0.0207 e. The van der Waals surface area contributed by atoms with Crippen LogP contribution in [0.25, 0.3) is 0 Å². The van der Waals surface area contributed by atoms with Crippen LogP contribution in [-0.4, -0.2) is 81.3 Å². The van der Waals surface area contributed by atoms with Crippen molar-refractivity contribution in [3.63, 3.8) is 0 Å². The third-order valence-corrected chi connectivity index (χ3v) is 3.70. The SMILES string of the molecule is NCCCN1CCC(NCCN(CCN)CCN)C1. The molecule has 0 saturated carbocycles. The Morgan fingerprint density at radius 1 is 1.05 bits per heavy atom. The van der Waals surface area contributed by atoms with Crippen molar-refractivity contribution >= 4 is 0 Å². The monoisotopic (exact) mass is 272 g/mol. The summed E-state index contributed by atoms with van der Waals surface area (Å²) in [6, 6.07) is 0.635. The van der Waals surface area contributed by atoms with E-state index in [9.17, 15) is 0 Å². The van der Waals surface area contributed by atoms with Gasteiger partial charge in [0.05, 0.1) is 0 Å². The molecule has 1 fully saturated rings. The van der Waals surface area contributed by atoms with E-state index in [1.54, 1.807) is 0 Å². The Kier molecular flexibility index (Phi) is 9.32. The number of hydrogen-bond acceptors (Lipinski definition) is 6. The van der Waals surface area contributed by atoms with Gasteiger partial charge in [0.1, 0.15) is 0 Å². The highest BCUT2D eigenvalue weighted by Gasteiger charge is 2.21. The van der Waals surface area contributed by atoms with E-state index < -0.39 is 0 Å². The van der Waals surface area contributed by atoms with E-state index in [0.717, 1.165) is 52.2 Å². The van der Waals surface area contributed by atoms with Gasteiger partial charge in [-0.3, -0.25) is 4.90 Å². The summed E-state index contributed by atoms with van der Waals surface area (Å²) in [5.41, 5.74) is 16.7. The molecule has 7 N–H and O–H groups in total. The molecule has 0 aromatic rings. The summed E-state index contributed by atoms with van der Waals surface area (Å²) in [4.78, 5) is 4.83. The molecular formula is C13H32N6. The highest BCUT2D eigenvalue weighted by atomic mass is 15.2. The van der Waals surface area contributed by atoms with Crippen molar-refractivity contribution in [3.05, 3.63) is 0 Å². The maximum atomic E-state index is 5.60. The van der Waals surface area contributed by atoms with Crippen LogP contribution >= 0.6 is 0 Å². The van der Waals surface area contributed by atoms with Crippen molar-refractivity contribution in [1.29, 1.82) is 0 Å². The summed E-state index contributed by atoms with van der Waals surface area (Å²) < 4.78 is 0. The second kappa shape index (κ2) is 10.5. The number of nitrogens with zero attached hydrogens (tertiary/aromatic N) is 2. The average Bonchev–Trinajstić information content (AvgIpc) is 2.85. The summed E-state index contributed by atoms with van der Waals surface area (Å²) in [5, 5.41) is 3.64. The minimum absolute atomic E-state index is 0.635. The summed E-state index contributed by atoms with van der Waals surface area (Å²) in [6.07, 6.45) is 2.35. The van der Waals surface area contributed by atoms with Crippen LogP contribution in [0.2, 0.25) is 0 Å². The minimum Gasteiger partial charge on any atom is -0.330 e. The second-order valence-electron chi connectivity index (χ2n) is 5.30. The lowest BCUT2D eigenvalue weighted by Gasteiger charge is -2.22. The van der Waals surface area contributed by atoms with E-state index >= 15 is 0 Å². The number of nitrogens with one attached hydrogen (secondary N) is 1. The predicted octanol–water partition coefficient (Wildman–Crippen LogP) is -1.78. The maximum absolute atomic E-state index is 5.60. The van der Waals surface area contributed by atoms with E-state index in [0.29, 0.717) is 19.1 Å². The number of likely N-dealkylation sites (tertiary alicyclic amines) is 1. The Morgan fingerprint density at radius 2 is 1.79 bits per heavy atom. The number of nitrogens with two attached hydrogens (primary N) is 3. The second-order valence-corrected chi connectivity index (χ2v) is 5.30. The predicted molar refractivity (Wildman–Crippen MR) is 81.1 cm³/mol. The fraction of sp³-hybridized carbons (Fsp3) is 1.00. The van der Waals surface area contributed by atoms with Crippen molar-refractivity contribution in [3.8, 4) is 0 Å². The van der Waals surface area contributed by atoms with Gasteiger partial charge in [0.2, 0.25) is 0 Å². The van der Waals surface area contributed by atoms with Crippen LogP contribution in [0.4, 0.5) is 0 Å². The normalized spacial score (nSPS) is 20.5. The molecule has 1 heterocycles. The molecule has 19 heavy (non-hydrogen) atoms. The summed E-state index contributed by atoms with van der Waals surface area (Å²) in [7, 11) is 0. The summed E-state index contributed by atoms with van der Waals surface area (Å²) in [5.74, 6) is 0. The molecule has 1 atom stereocenters. The zero-order valence-electron chi connectivity index (χ0n) is 12.2. The van der Waals surface area contributed by atoms with Gasteiger partial charge in [-0.2, -0.15) is 0 Å². The molecule has 1 saturated heterocycles. The highest BCUT2D eigenvalue weighted by Crippen LogP contribution is 2.08. The van der Waals surface area contributed by atoms with Gasteiger partial charge in [-0.1, -0.05) is 0 Å². The fourth-order valence-electron chi connectivity index (χ4n) is 2.64. The van der Waals surface area contributed by atoms with Crippen LogP contribution in [0.5, 0.6) is 0 Å². The Labute approximate surface area is 117 Å². The van der Waals surface area contributed by atoms with E-state index in [2.05, 4.69) is 15.1 Å². The molecule has 0 aliphatic carbocycles. The fourth-order valence-corrected chi connectivity index (χ4v) is 2.64. The van der Waals surface area contributed by atoms with Crippen LogP contribution in [0.1, 0.15) is 12.8 Å². The van der Waals surface area contributed by atoms with Crippen LogP contribution in [0, 0.1) is 0 Å². The summed E-state index contributed by atoms with van der Waals surface area (Å²) >= 11 is 0. The van der Waals surface area contributed by atoms with Crippen molar-refractivity contribution in [2.45, 2.75) is 18.9 Å². The van der Waals surface area contributed by atoms with Gasteiger partial charge < -0.3 is 27.4 Å². The van der Waals surface area contributed by atoms with Gasteiger partial charge in [-0.25, -0.2) is 0 Å². The first-order valence-corrected chi connectivity index (χ1v) is 7.58. The van der Waals surface area contributed by atoms with Crippen molar-refractivity contribution in [2.75, 3.05) is 65.4 Å². The van der Waals surface area contributed by atoms with Crippen LogP contribution in [-0.2, 0) is 0 Å². The molecule has 0 aromatic heterocycles. The molecule has 1 aliphatic rings. The van der Waals surface area contributed by atoms with E-state index in [-0.39, 0.29) is 0 Å². The Morgan fingerprint density at radius 3 is 2.42 bits per heavy atom. The topological polar surface area (TPSA) is 96.6 Å². The maximum Gasteiger partial charge on any atom is 0.0207 e. The van der Waals surface area contributed by atoms with Crippen LogP contribution < -0.4 is 22.5 Å². The molecule has 0 amide bonds. The lowest BCUT2D eigenvalue weighted by molar-refractivity contribution is 0.279. The van der Waals surface area contributed by atoms with E-state index in [1.165, 1.54) is 13.0 Å². The van der Waals surface area contributed by atoms with Gasteiger partial charge in [-0.05, 0) is 32.5 Å². The highest BCUT2D eigenvalue weighted by molar-refractivity contribution is 4.81. The molecule has 0 spiro atoms. The van der Waals surface area contributed by atoms with E-state index in [1.807, 2.05) is 0 Å². The molecule has 6 nitrogen and oxygen atoms in total. The molecule has 6 heteroatoms. The van der Waals surface area contributed by atoms with Gasteiger partial charge in [0.15, 0.2) is 0 Å². The van der Waals surface area contributed by atoms with Crippen molar-refractivity contribution < 1.29 is 0 Å². The zero-order chi connectivity index (χ0) is 13.9. The average molecular weight is 272 g/mol. The molecule has 1 unspecified atom stereocenters. The third kappa shape index (κ3) is 7.20. The Bertz CT molecular complexity index is 207. The number of rotatable bonds is 11. The molecule has 1 rings (SSSR count). The van der Waals surface area contributed by atoms with Crippen molar-refractivity contribution in [1.82, 2.24) is 15.1 Å². The first-order valence-electron chi connectivity index (χ1n) is 7.58. The summed E-state index contributed by atoms with van der Waals surface area (Å²) in [6.45, 7) is 9.64. The molecule has 1 aliphatic heterocycles. The number of hydrogen-bond donors (Lipinski definition) is 4. The quantitative estimate of drug-likeness (QED) is 0.355. The minimum atomic E-state index is 0.635.